The zero-order valence-electron chi connectivity index (χ0n) is 10.2. The van der Waals surface area contributed by atoms with Crippen LogP contribution in [0.4, 0.5) is 0 Å². The first-order valence-corrected chi connectivity index (χ1v) is 5.74. The van der Waals surface area contributed by atoms with Gasteiger partial charge in [-0.15, -0.1) is 0 Å². The second-order valence-electron chi connectivity index (χ2n) is 4.18. The van der Waals surface area contributed by atoms with Gasteiger partial charge < -0.3 is 19.3 Å². The van der Waals surface area contributed by atoms with Crippen molar-refractivity contribution in [1.29, 1.82) is 0 Å². The molecule has 0 amide bonds. The van der Waals surface area contributed by atoms with Crippen molar-refractivity contribution >= 4 is 0 Å². The van der Waals surface area contributed by atoms with Crippen molar-refractivity contribution in [2.75, 3.05) is 27.4 Å². The van der Waals surface area contributed by atoms with Crippen molar-refractivity contribution in [2.45, 2.75) is 12.5 Å². The smallest absolute Gasteiger partial charge is 0.128 e. The molecule has 1 heterocycles. The Morgan fingerprint density at radius 2 is 2.18 bits per heavy atom. The monoisotopic (exact) mass is 238 g/mol. The topological polar surface area (TPSA) is 47.9 Å². The molecule has 1 saturated heterocycles. The van der Waals surface area contributed by atoms with Crippen molar-refractivity contribution in [3.63, 3.8) is 0 Å². The van der Waals surface area contributed by atoms with E-state index in [-0.39, 0.29) is 5.92 Å². The van der Waals surface area contributed by atoms with E-state index in [1.165, 1.54) is 0 Å². The van der Waals surface area contributed by atoms with E-state index in [0.29, 0.717) is 12.4 Å². The van der Waals surface area contributed by atoms with Crippen molar-refractivity contribution in [2.24, 2.45) is 5.92 Å². The number of hydrogen-bond acceptors (Lipinski definition) is 4. The highest BCUT2D eigenvalue weighted by molar-refractivity contribution is 5.42. The number of aliphatic hydroxyl groups is 1. The number of hydrogen-bond donors (Lipinski definition) is 1. The Kier molecular flexibility index (Phi) is 3.86. The summed E-state index contributed by atoms with van der Waals surface area (Å²) in [5, 5.41) is 10.3. The first-order chi connectivity index (χ1) is 8.26. The van der Waals surface area contributed by atoms with E-state index < -0.39 is 6.10 Å². The Morgan fingerprint density at radius 3 is 2.76 bits per heavy atom. The van der Waals surface area contributed by atoms with Gasteiger partial charge in [-0.25, -0.2) is 0 Å². The minimum atomic E-state index is -0.543. The minimum Gasteiger partial charge on any atom is -0.497 e. The third kappa shape index (κ3) is 2.53. The fourth-order valence-corrected chi connectivity index (χ4v) is 2.12. The molecular formula is C13H18O4. The van der Waals surface area contributed by atoms with Gasteiger partial charge in [-0.3, -0.25) is 0 Å². The predicted octanol–water partition coefficient (Wildman–Crippen LogP) is 1.77. The summed E-state index contributed by atoms with van der Waals surface area (Å²) in [6, 6.07) is 5.46. The molecule has 0 spiro atoms. The van der Waals surface area contributed by atoms with Gasteiger partial charge in [0.15, 0.2) is 0 Å². The Bertz CT molecular complexity index is 372. The maximum atomic E-state index is 10.3. The molecule has 1 aliphatic rings. The average Bonchev–Trinajstić information content (AvgIpc) is 2.91. The molecule has 17 heavy (non-hydrogen) atoms. The lowest BCUT2D eigenvalue weighted by molar-refractivity contribution is 0.0896. The molecule has 0 saturated carbocycles. The number of aliphatic hydroxyl groups excluding tert-OH is 1. The molecule has 2 rings (SSSR count). The molecule has 2 atom stereocenters. The number of ether oxygens (including phenoxy) is 3. The van der Waals surface area contributed by atoms with Crippen LogP contribution in [-0.2, 0) is 4.74 Å². The second-order valence-corrected chi connectivity index (χ2v) is 4.18. The largest absolute Gasteiger partial charge is 0.497 e. The molecular weight excluding hydrogens is 220 g/mol. The van der Waals surface area contributed by atoms with Crippen molar-refractivity contribution in [3.8, 4) is 11.5 Å². The molecule has 1 fully saturated rings. The van der Waals surface area contributed by atoms with E-state index in [0.717, 1.165) is 24.3 Å². The maximum absolute atomic E-state index is 10.3. The van der Waals surface area contributed by atoms with E-state index in [1.807, 2.05) is 12.1 Å². The summed E-state index contributed by atoms with van der Waals surface area (Å²) in [7, 11) is 3.20. The zero-order chi connectivity index (χ0) is 12.3. The van der Waals surface area contributed by atoms with Crippen LogP contribution in [0, 0.1) is 5.92 Å². The summed E-state index contributed by atoms with van der Waals surface area (Å²) < 4.78 is 15.7. The predicted molar refractivity (Wildman–Crippen MR) is 63.4 cm³/mol. The summed E-state index contributed by atoms with van der Waals surface area (Å²) >= 11 is 0. The van der Waals surface area contributed by atoms with Crippen LogP contribution in [0.15, 0.2) is 18.2 Å². The normalized spacial score (nSPS) is 21.2. The summed E-state index contributed by atoms with van der Waals surface area (Å²) in [4.78, 5) is 0. The molecule has 0 radical (unpaired) electrons. The van der Waals surface area contributed by atoms with Gasteiger partial charge in [0.2, 0.25) is 0 Å². The van der Waals surface area contributed by atoms with Gasteiger partial charge in [-0.1, -0.05) is 0 Å². The molecule has 1 aromatic carbocycles. The Morgan fingerprint density at radius 1 is 1.35 bits per heavy atom. The quantitative estimate of drug-likeness (QED) is 0.868. The Hall–Kier alpha value is -1.26. The summed E-state index contributed by atoms with van der Waals surface area (Å²) in [6.07, 6.45) is 0.342. The zero-order valence-corrected chi connectivity index (χ0v) is 10.2. The van der Waals surface area contributed by atoms with E-state index in [9.17, 15) is 5.11 Å². The van der Waals surface area contributed by atoms with E-state index in [2.05, 4.69) is 0 Å². The number of benzene rings is 1. The first-order valence-electron chi connectivity index (χ1n) is 5.74. The highest BCUT2D eigenvalue weighted by Gasteiger charge is 2.27. The van der Waals surface area contributed by atoms with Crippen LogP contribution in [0.2, 0.25) is 0 Å². The highest BCUT2D eigenvalue weighted by Crippen LogP contribution is 2.35. The third-order valence-corrected chi connectivity index (χ3v) is 3.17. The van der Waals surface area contributed by atoms with Crippen LogP contribution in [-0.4, -0.2) is 32.5 Å². The van der Waals surface area contributed by atoms with Gasteiger partial charge in [-0.2, -0.15) is 0 Å². The van der Waals surface area contributed by atoms with E-state index in [1.54, 1.807) is 20.3 Å². The van der Waals surface area contributed by atoms with Gasteiger partial charge in [-0.05, 0) is 18.6 Å². The van der Waals surface area contributed by atoms with Crippen molar-refractivity contribution < 1.29 is 19.3 Å². The van der Waals surface area contributed by atoms with Crippen LogP contribution in [0.3, 0.4) is 0 Å². The average molecular weight is 238 g/mol. The lowest BCUT2D eigenvalue weighted by Gasteiger charge is -2.19. The summed E-state index contributed by atoms with van der Waals surface area (Å²) in [5.41, 5.74) is 0.795. The maximum Gasteiger partial charge on any atom is 0.128 e. The molecule has 2 unspecified atom stereocenters. The Labute approximate surface area is 101 Å². The molecule has 0 bridgehead atoms. The molecule has 1 aliphatic heterocycles. The lowest BCUT2D eigenvalue weighted by atomic mass is 9.94. The Balaban J connectivity index is 2.23. The van der Waals surface area contributed by atoms with E-state index in [4.69, 9.17) is 14.2 Å². The van der Waals surface area contributed by atoms with Crippen LogP contribution >= 0.6 is 0 Å². The van der Waals surface area contributed by atoms with Crippen LogP contribution < -0.4 is 9.47 Å². The van der Waals surface area contributed by atoms with Gasteiger partial charge in [0.05, 0.1) is 26.9 Å². The molecule has 1 N–H and O–H groups in total. The molecule has 0 aromatic heterocycles. The number of rotatable bonds is 4. The van der Waals surface area contributed by atoms with Crippen molar-refractivity contribution in [1.82, 2.24) is 0 Å². The second kappa shape index (κ2) is 5.38. The van der Waals surface area contributed by atoms with Gasteiger partial charge in [0.1, 0.15) is 11.5 Å². The van der Waals surface area contributed by atoms with Crippen LogP contribution in [0.1, 0.15) is 18.1 Å². The van der Waals surface area contributed by atoms with Crippen LogP contribution in [0.25, 0.3) is 0 Å². The van der Waals surface area contributed by atoms with Gasteiger partial charge >= 0.3 is 0 Å². The lowest BCUT2D eigenvalue weighted by Crippen LogP contribution is -2.13. The first kappa shape index (κ1) is 12.2. The molecule has 94 valence electrons. The van der Waals surface area contributed by atoms with E-state index >= 15 is 0 Å². The molecule has 1 aromatic rings. The van der Waals surface area contributed by atoms with Crippen LogP contribution in [0.5, 0.6) is 11.5 Å². The van der Waals surface area contributed by atoms with Crippen molar-refractivity contribution in [3.05, 3.63) is 23.8 Å². The standard InChI is InChI=1S/C13H18O4/c1-15-10-3-4-11(12(7-10)16-2)13(14)9-5-6-17-8-9/h3-4,7,9,13-14H,5-6,8H2,1-2H3. The van der Waals surface area contributed by atoms with Gasteiger partial charge in [0.25, 0.3) is 0 Å². The third-order valence-electron chi connectivity index (χ3n) is 3.17. The molecule has 0 aliphatic carbocycles. The fourth-order valence-electron chi connectivity index (χ4n) is 2.12. The summed E-state index contributed by atoms with van der Waals surface area (Å²) in [6.45, 7) is 1.33. The molecule has 4 heteroatoms. The fraction of sp³-hybridized carbons (Fsp3) is 0.538. The SMILES string of the molecule is COc1ccc(C(O)C2CCOC2)c(OC)c1. The highest BCUT2D eigenvalue weighted by atomic mass is 16.5. The number of methoxy groups -OCH3 is 2. The van der Waals surface area contributed by atoms with Gasteiger partial charge in [0, 0.05) is 24.2 Å². The molecule has 4 nitrogen and oxygen atoms in total. The summed E-state index contributed by atoms with van der Waals surface area (Å²) in [5.74, 6) is 1.53. The minimum absolute atomic E-state index is 0.150.